The van der Waals surface area contributed by atoms with Gasteiger partial charge in [0.05, 0.1) is 17.9 Å². The fraction of sp³-hybridized carbons (Fsp3) is 0.667. The van der Waals surface area contributed by atoms with Crippen molar-refractivity contribution in [2.45, 2.75) is 32.7 Å². The molecule has 0 fully saturated rings. The molecular formula is C12H20ClN3O2. The molecule has 5 nitrogen and oxygen atoms in total. The molecule has 0 atom stereocenters. The predicted octanol–water partition coefficient (Wildman–Crippen LogP) is 2.32. The number of unbranched alkanes of at least 4 members (excludes halogenated alkanes) is 1. The second kappa shape index (κ2) is 7.38. The first-order chi connectivity index (χ1) is 8.57. The highest BCUT2D eigenvalue weighted by Crippen LogP contribution is 2.16. The molecule has 1 N–H and O–H groups in total. The van der Waals surface area contributed by atoms with Crippen LogP contribution >= 0.6 is 11.6 Å². The summed E-state index contributed by atoms with van der Waals surface area (Å²) in [7, 11) is 1.68. The summed E-state index contributed by atoms with van der Waals surface area (Å²) in [6.07, 6.45) is 3.52. The number of hydrogen-bond donors (Lipinski definition) is 1. The van der Waals surface area contributed by atoms with Crippen molar-refractivity contribution >= 4 is 17.3 Å². The van der Waals surface area contributed by atoms with E-state index < -0.39 is 0 Å². The van der Waals surface area contributed by atoms with Crippen molar-refractivity contribution in [3.63, 3.8) is 0 Å². The van der Waals surface area contributed by atoms with Crippen molar-refractivity contribution in [2.75, 3.05) is 25.6 Å². The summed E-state index contributed by atoms with van der Waals surface area (Å²) in [4.78, 5) is 11.9. The largest absolute Gasteiger partial charge is 0.385 e. The molecule has 0 bridgehead atoms. The van der Waals surface area contributed by atoms with Crippen molar-refractivity contribution in [2.24, 2.45) is 0 Å². The highest BCUT2D eigenvalue weighted by Gasteiger charge is 2.10. The summed E-state index contributed by atoms with van der Waals surface area (Å²) in [6.45, 7) is 5.27. The molecule has 0 aliphatic rings. The quantitative estimate of drug-likeness (QED) is 0.775. The minimum absolute atomic E-state index is 0.00533. The smallest absolute Gasteiger partial charge is 0.287 e. The second-order valence-electron chi connectivity index (χ2n) is 4.34. The molecule has 6 heteroatoms. The molecule has 0 saturated carbocycles. The lowest BCUT2D eigenvalue weighted by Gasteiger charge is -2.12. The number of rotatable bonds is 7. The Morgan fingerprint density at radius 3 is 2.83 bits per heavy atom. The van der Waals surface area contributed by atoms with Gasteiger partial charge in [-0.3, -0.25) is 4.79 Å². The molecule has 0 saturated heterocycles. The average Bonchev–Trinajstić information content (AvgIpc) is 2.33. The van der Waals surface area contributed by atoms with Crippen LogP contribution in [0.15, 0.2) is 11.0 Å². The molecule has 1 rings (SSSR count). The first-order valence-electron chi connectivity index (χ1n) is 6.08. The Balaban J connectivity index is 2.63. The maximum absolute atomic E-state index is 11.9. The molecular weight excluding hydrogens is 254 g/mol. The van der Waals surface area contributed by atoms with Gasteiger partial charge in [-0.05, 0) is 26.7 Å². The van der Waals surface area contributed by atoms with Gasteiger partial charge in [0.25, 0.3) is 5.56 Å². The topological polar surface area (TPSA) is 56.1 Å². The SMILES string of the molecule is COCCCCNc1cnn(C(C)C)c(=O)c1Cl. The molecule has 0 aliphatic heterocycles. The van der Waals surface area contributed by atoms with Gasteiger partial charge in [-0.25, -0.2) is 4.68 Å². The fourth-order valence-corrected chi connectivity index (χ4v) is 1.73. The van der Waals surface area contributed by atoms with E-state index in [4.69, 9.17) is 16.3 Å². The van der Waals surface area contributed by atoms with Gasteiger partial charge >= 0.3 is 0 Å². The van der Waals surface area contributed by atoms with E-state index in [1.807, 2.05) is 13.8 Å². The highest BCUT2D eigenvalue weighted by molar-refractivity contribution is 6.32. The zero-order chi connectivity index (χ0) is 13.5. The standard InChI is InChI=1S/C12H20ClN3O2/c1-9(2)16-12(17)11(13)10(8-15-16)14-6-4-5-7-18-3/h8-9,14H,4-7H2,1-3H3. The summed E-state index contributed by atoms with van der Waals surface area (Å²) in [5.74, 6) is 0. The molecule has 0 spiro atoms. The first-order valence-corrected chi connectivity index (χ1v) is 6.45. The number of nitrogens with one attached hydrogen (secondary N) is 1. The van der Waals surface area contributed by atoms with Crippen LogP contribution < -0.4 is 10.9 Å². The number of aromatic nitrogens is 2. The van der Waals surface area contributed by atoms with Crippen LogP contribution in [-0.2, 0) is 4.74 Å². The summed E-state index contributed by atoms with van der Waals surface area (Å²) in [6, 6.07) is 0.00533. The predicted molar refractivity (Wildman–Crippen MR) is 73.5 cm³/mol. The number of methoxy groups -OCH3 is 1. The summed E-state index contributed by atoms with van der Waals surface area (Å²) >= 11 is 6.02. The van der Waals surface area contributed by atoms with Crippen LogP contribution in [-0.4, -0.2) is 30.0 Å². The maximum Gasteiger partial charge on any atom is 0.287 e. The normalized spacial score (nSPS) is 10.9. The van der Waals surface area contributed by atoms with Gasteiger partial charge in [-0.2, -0.15) is 5.10 Å². The van der Waals surface area contributed by atoms with E-state index in [0.717, 1.165) is 26.0 Å². The van der Waals surface area contributed by atoms with Crippen LogP contribution in [0.4, 0.5) is 5.69 Å². The lowest BCUT2D eigenvalue weighted by molar-refractivity contribution is 0.194. The Morgan fingerprint density at radius 2 is 2.22 bits per heavy atom. The van der Waals surface area contributed by atoms with Gasteiger partial charge in [-0.1, -0.05) is 11.6 Å². The van der Waals surface area contributed by atoms with Gasteiger partial charge in [-0.15, -0.1) is 0 Å². The van der Waals surface area contributed by atoms with E-state index in [1.54, 1.807) is 13.3 Å². The van der Waals surface area contributed by atoms with Crippen LogP contribution in [0.2, 0.25) is 5.02 Å². The third-order valence-corrected chi connectivity index (χ3v) is 2.89. The van der Waals surface area contributed by atoms with Crippen molar-refractivity contribution in [3.8, 4) is 0 Å². The van der Waals surface area contributed by atoms with Gasteiger partial charge in [0, 0.05) is 20.3 Å². The Morgan fingerprint density at radius 1 is 1.50 bits per heavy atom. The number of ether oxygens (including phenoxy) is 1. The zero-order valence-electron chi connectivity index (χ0n) is 11.1. The molecule has 0 amide bonds. The molecule has 1 aromatic rings. The van der Waals surface area contributed by atoms with E-state index >= 15 is 0 Å². The minimum Gasteiger partial charge on any atom is -0.385 e. The monoisotopic (exact) mass is 273 g/mol. The van der Waals surface area contributed by atoms with Crippen LogP contribution in [0, 0.1) is 0 Å². The van der Waals surface area contributed by atoms with Crippen LogP contribution in [0.5, 0.6) is 0 Å². The number of hydrogen-bond acceptors (Lipinski definition) is 4. The number of nitrogens with zero attached hydrogens (tertiary/aromatic N) is 2. The molecule has 1 heterocycles. The van der Waals surface area contributed by atoms with Gasteiger partial charge < -0.3 is 10.1 Å². The van der Waals surface area contributed by atoms with Crippen LogP contribution in [0.25, 0.3) is 0 Å². The molecule has 0 aromatic carbocycles. The van der Waals surface area contributed by atoms with Crippen molar-refractivity contribution in [1.29, 1.82) is 0 Å². The molecule has 18 heavy (non-hydrogen) atoms. The zero-order valence-corrected chi connectivity index (χ0v) is 11.8. The molecule has 1 aromatic heterocycles. The van der Waals surface area contributed by atoms with Gasteiger partial charge in [0.15, 0.2) is 0 Å². The fourth-order valence-electron chi connectivity index (χ4n) is 1.53. The Labute approximate surface area is 112 Å². The average molecular weight is 274 g/mol. The third kappa shape index (κ3) is 3.99. The minimum atomic E-state index is -0.256. The first kappa shape index (κ1) is 15.0. The lowest BCUT2D eigenvalue weighted by atomic mass is 10.3. The Bertz CT molecular complexity index is 432. The van der Waals surface area contributed by atoms with E-state index in [0.29, 0.717) is 5.69 Å². The maximum atomic E-state index is 11.9. The summed E-state index contributed by atoms with van der Waals surface area (Å²) < 4.78 is 6.33. The summed E-state index contributed by atoms with van der Waals surface area (Å²) in [5.41, 5.74) is 0.338. The molecule has 0 radical (unpaired) electrons. The Hall–Kier alpha value is -1.07. The van der Waals surface area contributed by atoms with Gasteiger partial charge in [0.1, 0.15) is 5.02 Å². The van der Waals surface area contributed by atoms with E-state index in [1.165, 1.54) is 4.68 Å². The van der Waals surface area contributed by atoms with Crippen LogP contribution in [0.3, 0.4) is 0 Å². The molecule has 102 valence electrons. The van der Waals surface area contributed by atoms with Crippen molar-refractivity contribution < 1.29 is 4.74 Å². The number of halogens is 1. The second-order valence-corrected chi connectivity index (χ2v) is 4.72. The van der Waals surface area contributed by atoms with E-state index in [9.17, 15) is 4.79 Å². The highest BCUT2D eigenvalue weighted by atomic mass is 35.5. The molecule has 0 aliphatic carbocycles. The Kier molecular flexibility index (Phi) is 6.15. The summed E-state index contributed by atoms with van der Waals surface area (Å²) in [5, 5.41) is 7.40. The van der Waals surface area contributed by atoms with Crippen molar-refractivity contribution in [1.82, 2.24) is 9.78 Å². The van der Waals surface area contributed by atoms with E-state index in [-0.39, 0.29) is 16.6 Å². The van der Waals surface area contributed by atoms with E-state index in [2.05, 4.69) is 10.4 Å². The van der Waals surface area contributed by atoms with Crippen LogP contribution in [0.1, 0.15) is 32.7 Å². The van der Waals surface area contributed by atoms with Crippen molar-refractivity contribution in [3.05, 3.63) is 21.6 Å². The van der Waals surface area contributed by atoms with Gasteiger partial charge in [0.2, 0.25) is 0 Å². The lowest BCUT2D eigenvalue weighted by Crippen LogP contribution is -2.25. The number of anilines is 1. The third-order valence-electron chi connectivity index (χ3n) is 2.52. The molecule has 0 unspecified atom stereocenters.